The van der Waals surface area contributed by atoms with E-state index in [2.05, 4.69) is 15.6 Å². The third-order valence-electron chi connectivity index (χ3n) is 5.08. The molecule has 0 saturated heterocycles. The molecule has 0 radical (unpaired) electrons. The summed E-state index contributed by atoms with van der Waals surface area (Å²) in [5.74, 6) is -0.999. The Morgan fingerprint density at radius 1 is 0.974 bits per heavy atom. The van der Waals surface area contributed by atoms with Crippen LogP contribution in [0.4, 0.5) is 16.5 Å². The summed E-state index contributed by atoms with van der Waals surface area (Å²) in [6, 6.07) is 17.5. The Bertz CT molecular complexity index is 1530. The first-order valence-corrected chi connectivity index (χ1v) is 15.5. The first-order chi connectivity index (χ1) is 18.4. The van der Waals surface area contributed by atoms with Crippen LogP contribution in [0.1, 0.15) is 22.2 Å². The fourth-order valence-electron chi connectivity index (χ4n) is 3.35. The van der Waals surface area contributed by atoms with Crippen LogP contribution in [0.15, 0.2) is 66.7 Å². The second-order valence-electron chi connectivity index (χ2n) is 8.10. The van der Waals surface area contributed by atoms with Crippen LogP contribution in [0.2, 0.25) is 0 Å². The number of carbonyl (C=O) groups excluding carboxylic acids is 2. The maximum atomic E-state index is 11.6. The van der Waals surface area contributed by atoms with Gasteiger partial charge in [0.05, 0.1) is 18.4 Å². The van der Waals surface area contributed by atoms with Crippen LogP contribution in [0, 0.1) is 6.92 Å². The van der Waals surface area contributed by atoms with E-state index in [9.17, 15) is 23.5 Å². The predicted octanol–water partition coefficient (Wildman–Crippen LogP) is 3.27. The zero-order valence-electron chi connectivity index (χ0n) is 21.1. The number of thiazole rings is 1. The molecule has 4 rings (SSSR count). The summed E-state index contributed by atoms with van der Waals surface area (Å²) in [5.41, 5.74) is 3.34. The second kappa shape index (κ2) is 12.6. The van der Waals surface area contributed by atoms with Gasteiger partial charge >= 0.3 is 94.1 Å². The molecule has 3 aromatic carbocycles. The van der Waals surface area contributed by atoms with Crippen molar-refractivity contribution in [1.29, 1.82) is 0 Å². The van der Waals surface area contributed by atoms with E-state index in [1.165, 1.54) is 31.4 Å². The van der Waals surface area contributed by atoms with Gasteiger partial charge in [-0.2, -0.15) is 0 Å². The van der Waals surface area contributed by atoms with Gasteiger partial charge in [-0.3, -0.25) is 0 Å². The van der Waals surface area contributed by atoms with Gasteiger partial charge in [-0.05, 0) is 49.4 Å². The largest absolute Gasteiger partial charge is 0.508 e. The predicted molar refractivity (Wildman–Crippen MR) is 148 cm³/mol. The number of rotatable bonds is 6. The number of hydrogen-bond donors (Lipinski definition) is 6. The minimum absolute atomic E-state index is 0.226. The summed E-state index contributed by atoms with van der Waals surface area (Å²) in [6.45, 7) is 3.29. The van der Waals surface area contributed by atoms with E-state index in [0.717, 1.165) is 39.1 Å². The number of esters is 1. The number of methoxy groups -OCH3 is 1. The van der Waals surface area contributed by atoms with E-state index in [1.807, 2.05) is 25.1 Å². The Kier molecular flexibility index (Phi) is 9.55. The van der Waals surface area contributed by atoms with Crippen LogP contribution in [0.3, 0.4) is 0 Å². The van der Waals surface area contributed by atoms with E-state index >= 15 is 0 Å². The van der Waals surface area contributed by atoms with Crippen LogP contribution in [0.5, 0.6) is 11.5 Å². The third-order valence-corrected chi connectivity index (χ3v) is 8.08. The molecule has 0 aliphatic carbocycles. The molecule has 11 nitrogen and oxygen atoms in total. The number of benzene rings is 3. The van der Waals surface area contributed by atoms with Crippen molar-refractivity contribution in [1.82, 2.24) is 4.98 Å². The quantitative estimate of drug-likeness (QED) is 0.139. The number of amides is 1. The molecule has 0 unspecified atom stereocenters. The smallest absolute Gasteiger partial charge is 0.337 e. The van der Waals surface area contributed by atoms with Crippen LogP contribution in [0.25, 0.3) is 11.3 Å². The Morgan fingerprint density at radius 3 is 2.26 bits per heavy atom. The number of aryl methyl sites for hydroxylation is 1. The maximum Gasteiger partial charge on any atom is 0.337 e. The monoisotopic (exact) mass is 615 g/mol. The molecule has 4 aromatic rings. The van der Waals surface area contributed by atoms with Gasteiger partial charge in [0.25, 0.3) is 0 Å². The molecule has 0 fully saturated rings. The van der Waals surface area contributed by atoms with Crippen molar-refractivity contribution in [2.45, 2.75) is 13.8 Å². The summed E-state index contributed by atoms with van der Waals surface area (Å²) in [5, 5.41) is 25.0. The van der Waals surface area contributed by atoms with Crippen molar-refractivity contribution in [2.75, 3.05) is 17.7 Å². The molecule has 6 N–H and O–H groups in total. The Morgan fingerprint density at radius 2 is 1.67 bits per heavy atom. The van der Waals surface area contributed by atoms with Crippen LogP contribution in [-0.2, 0) is 13.3 Å². The zero-order chi connectivity index (χ0) is 28.7. The molecular formula is C26H26AsN3O8S. The fourth-order valence-corrected chi connectivity index (χ4v) is 5.53. The zero-order valence-corrected chi connectivity index (χ0v) is 23.8. The first kappa shape index (κ1) is 29.5. The molecule has 204 valence electrons. The molecule has 39 heavy (non-hydrogen) atoms. The Hall–Kier alpha value is -4.09. The van der Waals surface area contributed by atoms with E-state index < -0.39 is 24.3 Å². The van der Waals surface area contributed by atoms with Gasteiger partial charge in [-0.15, -0.1) is 11.3 Å². The van der Waals surface area contributed by atoms with E-state index in [1.54, 1.807) is 30.3 Å². The van der Waals surface area contributed by atoms with Gasteiger partial charge in [-0.25, -0.2) is 9.78 Å². The summed E-state index contributed by atoms with van der Waals surface area (Å²) < 4.78 is 33.0. The molecule has 0 aliphatic rings. The topological polar surface area (TPSA) is 178 Å². The van der Waals surface area contributed by atoms with E-state index in [0.29, 0.717) is 5.56 Å². The van der Waals surface area contributed by atoms with Crippen molar-refractivity contribution in [3.05, 3.63) is 77.2 Å². The van der Waals surface area contributed by atoms with Gasteiger partial charge in [0.2, 0.25) is 0 Å². The molecule has 0 atom stereocenters. The van der Waals surface area contributed by atoms with Crippen LogP contribution < -0.4 is 15.0 Å². The number of hydrogen-bond acceptors (Lipinski definition) is 9. The van der Waals surface area contributed by atoms with Crippen molar-refractivity contribution >= 4 is 58.2 Å². The van der Waals surface area contributed by atoms with Crippen molar-refractivity contribution < 1.29 is 36.5 Å². The molecule has 0 aliphatic heterocycles. The average Bonchev–Trinajstić information content (AvgIpc) is 3.23. The first-order valence-electron chi connectivity index (χ1n) is 11.3. The van der Waals surface area contributed by atoms with Crippen LogP contribution >= 0.6 is 11.3 Å². The number of phenols is 2. The molecule has 0 spiro atoms. The number of aromatic hydroxyl groups is 2. The van der Waals surface area contributed by atoms with Crippen LogP contribution in [-0.4, -0.2) is 56.5 Å². The number of nitrogens with zero attached hydrogens (tertiary/aromatic N) is 1. The summed E-state index contributed by atoms with van der Waals surface area (Å²) >= 11 is -3.56. The number of ether oxygens (including phenoxy) is 1. The molecule has 1 amide bonds. The van der Waals surface area contributed by atoms with Gasteiger partial charge < -0.3 is 15.2 Å². The Balaban J connectivity index is 0.000000242. The van der Waals surface area contributed by atoms with Crippen molar-refractivity contribution in [3.8, 4) is 22.8 Å². The number of carbonyl (C=O) groups is 2. The normalized spacial score (nSPS) is 10.7. The number of nitrogens with one attached hydrogen (secondary N) is 2. The average molecular weight is 615 g/mol. The van der Waals surface area contributed by atoms with Gasteiger partial charge in [0.15, 0.2) is 5.13 Å². The SMILES string of the molecule is CC(=O)Nc1ccc([As](=O)(O)O)c(O)c1.COC(=O)c1cccc(Nc2nc(-c3ccc(O)cc3)c(C)s2)c1. The summed E-state index contributed by atoms with van der Waals surface area (Å²) in [6.07, 6.45) is 0. The number of phenolic OH excluding ortho intramolecular Hbond substituents is 2. The van der Waals surface area contributed by atoms with Gasteiger partial charge in [-0.1, -0.05) is 6.07 Å². The number of anilines is 3. The summed E-state index contributed by atoms with van der Waals surface area (Å²) in [7, 11) is 1.36. The fraction of sp³-hybridized carbons (Fsp3) is 0.115. The molecule has 1 heterocycles. The molecule has 13 heteroatoms. The molecule has 0 saturated carbocycles. The van der Waals surface area contributed by atoms with Crippen molar-refractivity contribution in [3.63, 3.8) is 0 Å². The minimum atomic E-state index is -5.09. The third kappa shape index (κ3) is 8.19. The van der Waals surface area contributed by atoms with Gasteiger partial charge in [0, 0.05) is 16.1 Å². The Labute approximate surface area is 230 Å². The maximum absolute atomic E-state index is 11.6. The summed E-state index contributed by atoms with van der Waals surface area (Å²) in [4.78, 5) is 27.9. The van der Waals surface area contributed by atoms with Crippen molar-refractivity contribution in [2.24, 2.45) is 0 Å². The molecule has 0 bridgehead atoms. The minimum Gasteiger partial charge on any atom is -0.508 e. The van der Waals surface area contributed by atoms with Gasteiger partial charge in [0.1, 0.15) is 5.75 Å². The molecular weight excluding hydrogens is 589 g/mol. The molecule has 1 aromatic heterocycles. The van der Waals surface area contributed by atoms with E-state index in [-0.39, 0.29) is 23.3 Å². The standard InChI is InChI=1S/C18H16N2O3S.C8H10AsNO5/c1-11-16(12-6-8-15(21)9-7-12)20-18(24-11)19-14-5-3-4-13(10-14)17(22)23-2;1-5(11)10-6-2-3-7(8(12)4-6)9(13,14)15/h3-10,21H,1-2H3,(H,19,20);2-4,12H,1H3,(H,10,11)(H2,13,14,15). The number of aromatic nitrogens is 1. The van der Waals surface area contributed by atoms with E-state index in [4.69, 9.17) is 12.9 Å². The second-order valence-corrected chi connectivity index (χ2v) is 12.6.